The molecule has 2 nitrogen and oxygen atoms in total. The molecule has 0 fully saturated rings. The summed E-state index contributed by atoms with van der Waals surface area (Å²) in [7, 11) is 0. The lowest BCUT2D eigenvalue weighted by atomic mass is 10.1. The van der Waals surface area contributed by atoms with E-state index < -0.39 is 0 Å². The molecule has 78 valence electrons. The van der Waals surface area contributed by atoms with Crippen molar-refractivity contribution in [2.75, 3.05) is 0 Å². The molecule has 0 unspecified atom stereocenters. The molecule has 0 amide bonds. The van der Waals surface area contributed by atoms with Crippen molar-refractivity contribution >= 4 is 12.6 Å². The fourth-order valence-corrected chi connectivity index (χ4v) is 1.64. The Hall–Kier alpha value is -1.29. The van der Waals surface area contributed by atoms with Crippen LogP contribution in [0.1, 0.15) is 11.1 Å². The SMILES string of the molecule is Cc1cc(F)cc(-n2cc(S)cn2)c1C. The standard InChI is InChI=1S/C11H11FN2S/c1-7-3-9(12)4-11(8(7)2)14-6-10(15)5-13-14/h3-6,15H,1-2H3. The van der Waals surface area contributed by atoms with Crippen LogP contribution in [0.2, 0.25) is 0 Å². The summed E-state index contributed by atoms with van der Waals surface area (Å²) in [5.74, 6) is -0.246. The van der Waals surface area contributed by atoms with Gasteiger partial charge in [0.25, 0.3) is 0 Å². The molecule has 0 aliphatic carbocycles. The highest BCUT2D eigenvalue weighted by molar-refractivity contribution is 7.80. The minimum Gasteiger partial charge on any atom is -0.239 e. The maximum Gasteiger partial charge on any atom is 0.125 e. The van der Waals surface area contributed by atoms with E-state index in [0.29, 0.717) is 0 Å². The topological polar surface area (TPSA) is 17.8 Å². The molecule has 0 aliphatic heterocycles. The fourth-order valence-electron chi connectivity index (χ4n) is 1.48. The highest BCUT2D eigenvalue weighted by Crippen LogP contribution is 2.20. The second-order valence-corrected chi connectivity index (χ2v) is 4.03. The lowest BCUT2D eigenvalue weighted by Crippen LogP contribution is -2.00. The first-order chi connectivity index (χ1) is 7.08. The predicted molar refractivity (Wildman–Crippen MR) is 60.2 cm³/mol. The molecule has 0 bridgehead atoms. The van der Waals surface area contributed by atoms with Gasteiger partial charge in [-0.05, 0) is 37.1 Å². The molecule has 1 heterocycles. The lowest BCUT2D eigenvalue weighted by Gasteiger charge is -2.08. The Bertz CT molecular complexity index is 505. The van der Waals surface area contributed by atoms with Crippen LogP contribution in [0.4, 0.5) is 4.39 Å². The minimum atomic E-state index is -0.246. The minimum absolute atomic E-state index is 0.246. The molecule has 15 heavy (non-hydrogen) atoms. The van der Waals surface area contributed by atoms with Crippen LogP contribution in [-0.2, 0) is 0 Å². The Morgan fingerprint density at radius 1 is 1.33 bits per heavy atom. The summed E-state index contributed by atoms with van der Waals surface area (Å²) >= 11 is 4.16. The quantitative estimate of drug-likeness (QED) is 0.734. The Morgan fingerprint density at radius 3 is 2.67 bits per heavy atom. The normalized spacial score (nSPS) is 10.7. The summed E-state index contributed by atoms with van der Waals surface area (Å²) in [6, 6.07) is 2.99. The molecule has 2 aromatic rings. The van der Waals surface area contributed by atoms with Gasteiger partial charge in [-0.25, -0.2) is 9.07 Å². The first-order valence-electron chi connectivity index (χ1n) is 4.58. The average molecular weight is 222 g/mol. The Balaban J connectivity index is 2.62. The average Bonchev–Trinajstić information content (AvgIpc) is 2.58. The number of halogens is 1. The van der Waals surface area contributed by atoms with Crippen LogP contribution in [0.15, 0.2) is 29.4 Å². The zero-order chi connectivity index (χ0) is 11.0. The number of aryl methyl sites for hydroxylation is 1. The second kappa shape index (κ2) is 3.70. The number of hydrogen-bond acceptors (Lipinski definition) is 2. The summed E-state index contributed by atoms with van der Waals surface area (Å²) in [5.41, 5.74) is 2.70. The first-order valence-corrected chi connectivity index (χ1v) is 5.03. The molecule has 0 radical (unpaired) electrons. The smallest absolute Gasteiger partial charge is 0.125 e. The van der Waals surface area contributed by atoms with E-state index in [0.717, 1.165) is 21.7 Å². The Morgan fingerprint density at radius 2 is 2.07 bits per heavy atom. The molecule has 2 rings (SSSR count). The van der Waals surface area contributed by atoms with E-state index in [1.807, 2.05) is 13.8 Å². The third-order valence-corrected chi connectivity index (χ3v) is 2.65. The van der Waals surface area contributed by atoms with Crippen molar-refractivity contribution in [2.45, 2.75) is 18.7 Å². The largest absolute Gasteiger partial charge is 0.239 e. The van der Waals surface area contributed by atoms with Crippen molar-refractivity contribution < 1.29 is 4.39 Å². The highest BCUT2D eigenvalue weighted by Gasteiger charge is 2.07. The molecule has 0 saturated heterocycles. The Labute approximate surface area is 93.1 Å². The molecule has 0 atom stereocenters. The van der Waals surface area contributed by atoms with E-state index in [9.17, 15) is 4.39 Å². The molecular formula is C11H11FN2S. The summed E-state index contributed by atoms with van der Waals surface area (Å²) in [6.07, 6.45) is 3.38. The Kier molecular flexibility index (Phi) is 2.52. The van der Waals surface area contributed by atoms with Crippen molar-refractivity contribution in [1.29, 1.82) is 0 Å². The van der Waals surface area contributed by atoms with E-state index >= 15 is 0 Å². The molecule has 0 aliphatic rings. The van der Waals surface area contributed by atoms with Gasteiger partial charge in [-0.15, -0.1) is 12.6 Å². The number of nitrogens with zero attached hydrogens (tertiary/aromatic N) is 2. The van der Waals surface area contributed by atoms with Gasteiger partial charge in [-0.2, -0.15) is 5.10 Å². The van der Waals surface area contributed by atoms with E-state index in [4.69, 9.17) is 0 Å². The number of hydrogen-bond donors (Lipinski definition) is 1. The van der Waals surface area contributed by atoms with Crippen molar-refractivity contribution in [3.63, 3.8) is 0 Å². The number of rotatable bonds is 1. The van der Waals surface area contributed by atoms with Gasteiger partial charge in [0.1, 0.15) is 5.82 Å². The molecule has 0 N–H and O–H groups in total. The molecule has 1 aromatic carbocycles. The van der Waals surface area contributed by atoms with Crippen LogP contribution in [-0.4, -0.2) is 9.78 Å². The van der Waals surface area contributed by atoms with Crippen LogP contribution < -0.4 is 0 Å². The molecule has 4 heteroatoms. The molecule has 1 aromatic heterocycles. The summed E-state index contributed by atoms with van der Waals surface area (Å²) in [6.45, 7) is 3.83. The third kappa shape index (κ3) is 1.90. The number of benzene rings is 1. The number of thiol groups is 1. The third-order valence-electron chi connectivity index (χ3n) is 2.42. The van der Waals surface area contributed by atoms with Gasteiger partial charge in [-0.1, -0.05) is 0 Å². The van der Waals surface area contributed by atoms with Crippen molar-refractivity contribution in [2.24, 2.45) is 0 Å². The van der Waals surface area contributed by atoms with Crippen molar-refractivity contribution in [3.8, 4) is 5.69 Å². The fraction of sp³-hybridized carbons (Fsp3) is 0.182. The first kappa shape index (κ1) is 10.2. The van der Waals surface area contributed by atoms with E-state index in [1.165, 1.54) is 12.1 Å². The lowest BCUT2D eigenvalue weighted by molar-refractivity contribution is 0.623. The van der Waals surface area contributed by atoms with Crippen LogP contribution in [0, 0.1) is 19.7 Å². The summed E-state index contributed by atoms with van der Waals surface area (Å²) < 4.78 is 14.9. The van der Waals surface area contributed by atoms with E-state index in [1.54, 1.807) is 17.1 Å². The van der Waals surface area contributed by atoms with Crippen LogP contribution in [0.5, 0.6) is 0 Å². The zero-order valence-electron chi connectivity index (χ0n) is 8.53. The van der Waals surface area contributed by atoms with Gasteiger partial charge < -0.3 is 0 Å². The van der Waals surface area contributed by atoms with Gasteiger partial charge in [-0.3, -0.25) is 0 Å². The molecule has 0 spiro atoms. The van der Waals surface area contributed by atoms with Gasteiger partial charge in [0.05, 0.1) is 11.9 Å². The number of aromatic nitrogens is 2. The maximum absolute atomic E-state index is 13.2. The predicted octanol–water partition coefficient (Wildman–Crippen LogP) is 2.92. The second-order valence-electron chi connectivity index (χ2n) is 3.51. The summed E-state index contributed by atoms with van der Waals surface area (Å²) in [5, 5.41) is 4.10. The zero-order valence-corrected chi connectivity index (χ0v) is 9.42. The van der Waals surface area contributed by atoms with E-state index in [2.05, 4.69) is 17.7 Å². The highest BCUT2D eigenvalue weighted by atomic mass is 32.1. The molecule has 0 saturated carbocycles. The van der Waals surface area contributed by atoms with Gasteiger partial charge in [0.15, 0.2) is 0 Å². The van der Waals surface area contributed by atoms with Crippen LogP contribution >= 0.6 is 12.6 Å². The van der Waals surface area contributed by atoms with Crippen LogP contribution in [0.25, 0.3) is 5.69 Å². The van der Waals surface area contributed by atoms with Crippen molar-refractivity contribution in [3.05, 3.63) is 41.5 Å². The van der Waals surface area contributed by atoms with Crippen molar-refractivity contribution in [1.82, 2.24) is 9.78 Å². The van der Waals surface area contributed by atoms with E-state index in [-0.39, 0.29) is 5.82 Å². The van der Waals surface area contributed by atoms with Gasteiger partial charge in [0, 0.05) is 11.1 Å². The molecular weight excluding hydrogens is 211 g/mol. The maximum atomic E-state index is 13.2. The van der Waals surface area contributed by atoms with Crippen LogP contribution in [0.3, 0.4) is 0 Å². The summed E-state index contributed by atoms with van der Waals surface area (Å²) in [4.78, 5) is 0.760. The van der Waals surface area contributed by atoms with Gasteiger partial charge >= 0.3 is 0 Å². The van der Waals surface area contributed by atoms with Gasteiger partial charge in [0.2, 0.25) is 0 Å². The monoisotopic (exact) mass is 222 g/mol.